The fraction of sp³-hybridized carbons (Fsp3) is 0.100. The molecule has 0 aliphatic rings. The number of hydrogen-bond donors (Lipinski definition) is 7. The number of nitrogens with one attached hydrogen (secondary N) is 1. The van der Waals surface area contributed by atoms with Gasteiger partial charge >= 0.3 is 0 Å². The second kappa shape index (κ2) is 19.3. The van der Waals surface area contributed by atoms with Crippen molar-refractivity contribution >= 4 is 127 Å². The number of rotatable bonds is 16. The van der Waals surface area contributed by atoms with Gasteiger partial charge in [-0.3, -0.25) is 32.7 Å². The molecular formula is C40H31N9O18S6. The van der Waals surface area contributed by atoms with E-state index in [0.29, 0.717) is 39.3 Å². The monoisotopic (exact) mass is 1120 g/mol. The third kappa shape index (κ3) is 11.3. The lowest BCUT2D eigenvalue weighted by Crippen LogP contribution is -2.15. The summed E-state index contributed by atoms with van der Waals surface area (Å²) >= 11 is 1.30. The third-order valence-electron chi connectivity index (χ3n) is 10.3. The quantitative estimate of drug-likeness (QED) is 0.0274. The van der Waals surface area contributed by atoms with E-state index in [1.807, 2.05) is 24.3 Å². The van der Waals surface area contributed by atoms with E-state index in [9.17, 15) is 74.8 Å². The van der Waals surface area contributed by atoms with Gasteiger partial charge in [0.2, 0.25) is 5.13 Å². The molecule has 0 saturated carbocycles. The number of aromatic nitrogens is 3. The average Bonchev–Trinajstić information content (AvgIpc) is 3.89. The van der Waals surface area contributed by atoms with E-state index < -0.39 is 115 Å². The molecule has 27 nitrogen and oxygen atoms in total. The topological polar surface area (TPSA) is 426 Å². The minimum Gasteiger partial charge on any atom is -0.505 e. The summed E-state index contributed by atoms with van der Waals surface area (Å²) in [6.07, 6.45) is 0.740. The zero-order valence-electron chi connectivity index (χ0n) is 36.4. The maximum Gasteiger partial charge on any atom is 0.298 e. The summed E-state index contributed by atoms with van der Waals surface area (Å²) in [5.41, 5.74) is -1.61. The molecule has 8 rings (SSSR count). The molecule has 0 amide bonds. The van der Waals surface area contributed by atoms with E-state index in [1.54, 1.807) is 6.92 Å². The summed E-state index contributed by atoms with van der Waals surface area (Å²) in [6.45, 7) is 1.46. The number of aryl methyl sites for hydroxylation is 1. The maximum absolute atomic E-state index is 13.6. The van der Waals surface area contributed by atoms with Crippen molar-refractivity contribution in [3.05, 3.63) is 107 Å². The minimum absolute atomic E-state index is 0.0318. The number of benzene rings is 6. The van der Waals surface area contributed by atoms with Gasteiger partial charge in [0, 0.05) is 27.6 Å². The lowest BCUT2D eigenvalue weighted by Gasteiger charge is -2.12. The van der Waals surface area contributed by atoms with Gasteiger partial charge in [0.15, 0.2) is 11.4 Å². The predicted molar refractivity (Wildman–Crippen MR) is 259 cm³/mol. The fourth-order valence-electron chi connectivity index (χ4n) is 7.06. The van der Waals surface area contributed by atoms with Crippen molar-refractivity contribution in [3.8, 4) is 17.2 Å². The number of H-pyrrole nitrogens is 1. The highest BCUT2D eigenvalue weighted by Gasteiger charge is 2.27. The van der Waals surface area contributed by atoms with Crippen molar-refractivity contribution in [2.24, 2.45) is 30.7 Å². The molecule has 2 aromatic heterocycles. The van der Waals surface area contributed by atoms with E-state index in [0.717, 1.165) is 46.7 Å². The molecule has 0 radical (unpaired) electrons. The van der Waals surface area contributed by atoms with Gasteiger partial charge in [0.1, 0.15) is 37.5 Å². The Bertz CT molecular complexity index is 4330. The zero-order valence-corrected chi connectivity index (χ0v) is 41.3. The molecule has 0 fully saturated rings. The standard InChI is InChI=1S/C40H31N9O18S6/c1-20-13-31(33(67-11-4-12-69(52,53)54)18-30(20)45-48-40-42-27-5-2-3-6-34(27)68-40)46-43-28-9-8-24-23(37(28)50)7-10-29(38(24)73(64,65)66)44-47-32-19-41-49(39(32)51)21-14-25-26(35(15-21)71(58,59)60)16-22(70(55,56)57)17-36(25)72(61,62)63/h2-3,5-10,13-19,41,50H,4,11-12H2,1H3,(H,52,53,54)(H,55,56,57)(H,58,59,60)(H,61,62,63)(H,64,65,66). The summed E-state index contributed by atoms with van der Waals surface area (Å²) in [7, 11) is -25.6. The Morgan fingerprint density at radius 3 is 1.92 bits per heavy atom. The van der Waals surface area contributed by atoms with Crippen LogP contribution < -0.4 is 10.3 Å². The summed E-state index contributed by atoms with van der Waals surface area (Å²) < 4.78 is 178. The Morgan fingerprint density at radius 2 is 1.25 bits per heavy atom. The van der Waals surface area contributed by atoms with Crippen molar-refractivity contribution in [1.29, 1.82) is 0 Å². The highest BCUT2D eigenvalue weighted by Crippen LogP contribution is 2.43. The van der Waals surface area contributed by atoms with Crippen LogP contribution in [0, 0.1) is 6.92 Å². The maximum atomic E-state index is 13.6. The highest BCUT2D eigenvalue weighted by atomic mass is 32.2. The Morgan fingerprint density at radius 1 is 0.630 bits per heavy atom. The molecule has 8 aromatic rings. The Hall–Kier alpha value is -7.31. The molecule has 0 atom stereocenters. The van der Waals surface area contributed by atoms with Crippen molar-refractivity contribution < 1.29 is 74.7 Å². The van der Waals surface area contributed by atoms with Crippen molar-refractivity contribution in [2.75, 3.05) is 12.4 Å². The van der Waals surface area contributed by atoms with Gasteiger partial charge in [-0.05, 0) is 79.6 Å². The number of aromatic amines is 1. The first-order valence-electron chi connectivity index (χ1n) is 20.0. The SMILES string of the molecule is Cc1cc(N=Nc2ccc3c(S(=O)(=O)O)c(N=Nc4c[nH]n(-c5cc(S(=O)(=O)O)c6cc(S(=O)(=O)O)cc(S(=O)(=O)O)c6c5)c4=O)ccc3c2O)c(OCCCS(=O)(=O)O)cc1N=Nc1nc2ccccc2s1. The lowest BCUT2D eigenvalue weighted by molar-refractivity contribution is 0.317. The molecule has 0 aliphatic heterocycles. The van der Waals surface area contributed by atoms with Crippen LogP contribution >= 0.6 is 11.3 Å². The number of nitrogens with zero attached hydrogens (tertiary/aromatic N) is 8. The van der Waals surface area contributed by atoms with E-state index in [2.05, 4.69) is 40.8 Å². The van der Waals surface area contributed by atoms with Crippen LogP contribution in [0.1, 0.15) is 12.0 Å². The van der Waals surface area contributed by atoms with Crippen LogP contribution in [-0.2, 0) is 50.6 Å². The number of phenols is 1. The number of para-hydroxylation sites is 1. The molecule has 33 heteroatoms. The van der Waals surface area contributed by atoms with Crippen LogP contribution in [0.25, 0.3) is 37.4 Å². The summed E-state index contributed by atoms with van der Waals surface area (Å²) in [5, 5.41) is 36.4. The Balaban J connectivity index is 1.13. The minimum atomic E-state index is -5.40. The number of thiazole rings is 1. The lowest BCUT2D eigenvalue weighted by atomic mass is 10.1. The molecule has 0 saturated heterocycles. The van der Waals surface area contributed by atoms with Crippen LogP contribution in [0.15, 0.2) is 146 Å². The second-order valence-electron chi connectivity index (χ2n) is 15.3. The third-order valence-corrected chi connectivity index (χ3v) is 15.6. The first kappa shape index (κ1) is 52.0. The number of ether oxygens (including phenoxy) is 1. The molecular weight excluding hydrogens is 1090 g/mol. The molecule has 7 N–H and O–H groups in total. The van der Waals surface area contributed by atoms with Gasteiger partial charge in [0.25, 0.3) is 56.1 Å². The molecule has 0 bridgehead atoms. The summed E-state index contributed by atoms with van der Waals surface area (Å²) in [5.74, 6) is -1.23. The first-order valence-corrected chi connectivity index (χ1v) is 28.2. The van der Waals surface area contributed by atoms with Crippen molar-refractivity contribution in [1.82, 2.24) is 14.8 Å². The Labute approximate surface area is 414 Å². The van der Waals surface area contributed by atoms with Gasteiger partial charge in [-0.1, -0.05) is 29.5 Å². The number of aromatic hydroxyl groups is 1. The number of phenolic OH excluding ortho intramolecular Hbond substituents is 1. The fourth-order valence-corrected chi connectivity index (χ4v) is 11.2. The first-order chi connectivity index (χ1) is 34.1. The van der Waals surface area contributed by atoms with Gasteiger partial charge < -0.3 is 9.84 Å². The van der Waals surface area contributed by atoms with Crippen LogP contribution in [0.5, 0.6) is 11.5 Å². The van der Waals surface area contributed by atoms with Crippen molar-refractivity contribution in [2.45, 2.75) is 32.9 Å². The van der Waals surface area contributed by atoms with E-state index >= 15 is 0 Å². The van der Waals surface area contributed by atoms with Gasteiger partial charge in [-0.2, -0.15) is 42.1 Å². The summed E-state index contributed by atoms with van der Waals surface area (Å²) in [4.78, 5) is 13.5. The molecule has 0 aliphatic carbocycles. The molecule has 0 unspecified atom stereocenters. The largest absolute Gasteiger partial charge is 0.505 e. The molecule has 73 heavy (non-hydrogen) atoms. The smallest absolute Gasteiger partial charge is 0.298 e. The average molecular weight is 1120 g/mol. The molecule has 2 heterocycles. The van der Waals surface area contributed by atoms with Crippen LogP contribution in [0.4, 0.5) is 33.6 Å². The van der Waals surface area contributed by atoms with Crippen LogP contribution in [-0.4, -0.2) is 97.1 Å². The van der Waals surface area contributed by atoms with Crippen LogP contribution in [0.2, 0.25) is 0 Å². The van der Waals surface area contributed by atoms with Gasteiger partial charge in [0.05, 0.1) is 45.0 Å². The van der Waals surface area contributed by atoms with Gasteiger partial charge in [-0.15, -0.1) is 30.7 Å². The van der Waals surface area contributed by atoms with Crippen LogP contribution in [0.3, 0.4) is 0 Å². The van der Waals surface area contributed by atoms with Crippen molar-refractivity contribution in [3.63, 3.8) is 0 Å². The number of azo groups is 3. The van der Waals surface area contributed by atoms with E-state index in [4.69, 9.17) is 4.74 Å². The van der Waals surface area contributed by atoms with E-state index in [-0.39, 0.29) is 40.9 Å². The second-order valence-corrected chi connectivity index (χ2v) is 23.4. The molecule has 6 aromatic carbocycles. The Kier molecular flexibility index (Phi) is 13.7. The van der Waals surface area contributed by atoms with E-state index in [1.165, 1.54) is 23.5 Å². The zero-order chi connectivity index (χ0) is 53.0. The predicted octanol–water partition coefficient (Wildman–Crippen LogP) is 7.99. The normalized spacial score (nSPS) is 13.2. The molecule has 380 valence electrons. The number of fused-ring (bicyclic) bond motifs is 3. The highest BCUT2D eigenvalue weighted by molar-refractivity contribution is 7.87. The van der Waals surface area contributed by atoms with Gasteiger partial charge in [-0.25, -0.2) is 9.67 Å². The summed E-state index contributed by atoms with van der Waals surface area (Å²) in [6, 6.07) is 16.9. The molecule has 0 spiro atoms. The number of hydrogen-bond acceptors (Lipinski definition) is 21.